The van der Waals surface area contributed by atoms with Gasteiger partial charge in [0, 0.05) is 64.5 Å². The summed E-state index contributed by atoms with van der Waals surface area (Å²) in [5.74, 6) is 0.543. The molecule has 0 radical (unpaired) electrons. The number of hydrogen-bond acceptors (Lipinski definition) is 6. The van der Waals surface area contributed by atoms with Gasteiger partial charge in [-0.05, 0) is 31.4 Å². The van der Waals surface area contributed by atoms with Gasteiger partial charge in [-0.3, -0.25) is 4.79 Å². The fourth-order valence-corrected chi connectivity index (χ4v) is 4.31. The molecule has 2 saturated heterocycles. The molecule has 7 heteroatoms. The van der Waals surface area contributed by atoms with E-state index in [-0.39, 0.29) is 18.4 Å². The molecule has 1 aromatic heterocycles. The molecule has 138 valence electrons. The maximum absolute atomic E-state index is 12.9. The number of nitrogens with zero attached hydrogens (tertiary/aromatic N) is 4. The van der Waals surface area contributed by atoms with Gasteiger partial charge in [-0.1, -0.05) is 0 Å². The van der Waals surface area contributed by atoms with Crippen molar-refractivity contribution < 1.29 is 9.90 Å². The highest BCUT2D eigenvalue weighted by Gasteiger charge is 2.36. The molecule has 0 spiro atoms. The fraction of sp³-hybridized carbons (Fsp3) is 0.667. The maximum atomic E-state index is 12.9. The molecule has 2 aliphatic heterocycles. The number of thioether (sulfide) groups is 1. The van der Waals surface area contributed by atoms with Crippen molar-refractivity contribution in [2.24, 2.45) is 11.8 Å². The molecule has 2 fully saturated rings. The molecule has 0 unspecified atom stereocenters. The Morgan fingerprint density at radius 1 is 1.28 bits per heavy atom. The summed E-state index contributed by atoms with van der Waals surface area (Å²) in [6.07, 6.45) is 3.66. The van der Waals surface area contributed by atoms with Gasteiger partial charge < -0.3 is 19.8 Å². The monoisotopic (exact) mass is 364 g/mol. The number of aliphatic hydroxyl groups excluding tert-OH is 1. The average molecular weight is 365 g/mol. The van der Waals surface area contributed by atoms with Crippen molar-refractivity contribution in [3.8, 4) is 0 Å². The largest absolute Gasteiger partial charge is 0.396 e. The van der Waals surface area contributed by atoms with E-state index in [1.54, 1.807) is 6.20 Å². The van der Waals surface area contributed by atoms with Crippen molar-refractivity contribution in [1.29, 1.82) is 0 Å². The third-order valence-corrected chi connectivity index (χ3v) is 6.09. The Labute approximate surface area is 154 Å². The van der Waals surface area contributed by atoms with Gasteiger partial charge in [0.15, 0.2) is 0 Å². The number of amides is 1. The predicted molar refractivity (Wildman–Crippen MR) is 99.9 cm³/mol. The molecule has 0 bridgehead atoms. The van der Waals surface area contributed by atoms with E-state index in [0.717, 1.165) is 44.3 Å². The number of likely N-dealkylation sites (tertiary alicyclic amines) is 1. The van der Waals surface area contributed by atoms with Crippen molar-refractivity contribution in [1.82, 2.24) is 19.7 Å². The Bertz CT molecular complexity index is 592. The van der Waals surface area contributed by atoms with Gasteiger partial charge in [0.1, 0.15) is 5.03 Å². The number of pyridine rings is 1. The molecule has 0 aliphatic carbocycles. The van der Waals surface area contributed by atoms with E-state index >= 15 is 0 Å². The minimum Gasteiger partial charge on any atom is -0.396 e. The number of piperazine rings is 1. The SMILES string of the molecule is CSc1ncccc1C(=O)N1C[C@@H](CN2CCN(C)CC2)[C@@H](CO)C1. The standard InChI is InChI=1S/C18H28N4O2S/c1-20-6-8-21(9-7-20)10-14-11-22(12-15(14)13-23)18(24)16-4-3-5-19-17(16)25-2/h3-5,14-15,23H,6-13H2,1-2H3/t14-,15-/m1/s1. The summed E-state index contributed by atoms with van der Waals surface area (Å²) in [5, 5.41) is 10.6. The molecule has 25 heavy (non-hydrogen) atoms. The molecule has 2 atom stereocenters. The van der Waals surface area contributed by atoms with Gasteiger partial charge in [0.05, 0.1) is 5.56 Å². The van der Waals surface area contributed by atoms with Crippen LogP contribution in [0.1, 0.15) is 10.4 Å². The van der Waals surface area contributed by atoms with E-state index in [2.05, 4.69) is 21.8 Å². The van der Waals surface area contributed by atoms with Crippen LogP contribution in [0.5, 0.6) is 0 Å². The predicted octanol–water partition coefficient (Wildman–Crippen LogP) is 0.731. The smallest absolute Gasteiger partial charge is 0.256 e. The number of carbonyl (C=O) groups is 1. The Balaban J connectivity index is 1.65. The van der Waals surface area contributed by atoms with Gasteiger partial charge in [-0.15, -0.1) is 11.8 Å². The van der Waals surface area contributed by atoms with Crippen molar-refractivity contribution in [3.63, 3.8) is 0 Å². The molecule has 0 saturated carbocycles. The van der Waals surface area contributed by atoms with Gasteiger partial charge in [-0.2, -0.15) is 0 Å². The van der Waals surface area contributed by atoms with Gasteiger partial charge in [-0.25, -0.2) is 4.98 Å². The molecule has 6 nitrogen and oxygen atoms in total. The zero-order valence-corrected chi connectivity index (χ0v) is 15.9. The van der Waals surface area contributed by atoms with E-state index in [9.17, 15) is 9.90 Å². The number of hydrogen-bond donors (Lipinski definition) is 1. The molecule has 0 aromatic carbocycles. The quantitative estimate of drug-likeness (QED) is 0.778. The van der Waals surface area contributed by atoms with Crippen LogP contribution in [-0.2, 0) is 0 Å². The third kappa shape index (κ3) is 4.34. The molecule has 3 rings (SSSR count). The maximum Gasteiger partial charge on any atom is 0.256 e. The average Bonchev–Trinajstić information content (AvgIpc) is 3.05. The number of rotatable bonds is 5. The van der Waals surface area contributed by atoms with Crippen LogP contribution < -0.4 is 0 Å². The van der Waals surface area contributed by atoms with Crippen molar-refractivity contribution in [3.05, 3.63) is 23.9 Å². The summed E-state index contributed by atoms with van der Waals surface area (Å²) in [6, 6.07) is 3.66. The lowest BCUT2D eigenvalue weighted by atomic mass is 9.96. The van der Waals surface area contributed by atoms with Crippen LogP contribution >= 0.6 is 11.8 Å². The number of aromatic nitrogens is 1. The topological polar surface area (TPSA) is 59.9 Å². The summed E-state index contributed by atoms with van der Waals surface area (Å²) < 4.78 is 0. The van der Waals surface area contributed by atoms with Crippen LogP contribution in [0.25, 0.3) is 0 Å². The highest BCUT2D eigenvalue weighted by molar-refractivity contribution is 7.98. The lowest BCUT2D eigenvalue weighted by molar-refractivity contribution is 0.0773. The zero-order valence-electron chi connectivity index (χ0n) is 15.1. The van der Waals surface area contributed by atoms with Crippen LogP contribution in [0.4, 0.5) is 0 Å². The Kier molecular flexibility index (Phi) is 6.33. The van der Waals surface area contributed by atoms with Crippen molar-refractivity contribution >= 4 is 17.7 Å². The normalized spacial score (nSPS) is 25.5. The Morgan fingerprint density at radius 2 is 2.00 bits per heavy atom. The first-order chi connectivity index (χ1) is 12.1. The minimum absolute atomic E-state index is 0.0387. The van der Waals surface area contributed by atoms with Crippen LogP contribution in [0.15, 0.2) is 23.4 Å². The lowest BCUT2D eigenvalue weighted by Crippen LogP contribution is -2.47. The summed E-state index contributed by atoms with van der Waals surface area (Å²) >= 11 is 1.50. The lowest BCUT2D eigenvalue weighted by Gasteiger charge is -2.34. The highest BCUT2D eigenvalue weighted by atomic mass is 32.2. The summed E-state index contributed by atoms with van der Waals surface area (Å²) in [7, 11) is 2.15. The van der Waals surface area contributed by atoms with E-state index < -0.39 is 0 Å². The molecule has 1 amide bonds. The van der Waals surface area contributed by atoms with Crippen molar-refractivity contribution in [2.75, 3.05) is 65.7 Å². The van der Waals surface area contributed by atoms with Crippen LogP contribution in [-0.4, -0.2) is 96.4 Å². The third-order valence-electron chi connectivity index (χ3n) is 5.38. The summed E-state index contributed by atoms with van der Waals surface area (Å²) in [5.41, 5.74) is 0.673. The first-order valence-electron chi connectivity index (χ1n) is 8.92. The summed E-state index contributed by atoms with van der Waals surface area (Å²) in [4.78, 5) is 24.0. The van der Waals surface area contributed by atoms with Gasteiger partial charge >= 0.3 is 0 Å². The number of likely N-dealkylation sites (N-methyl/N-ethyl adjacent to an activating group) is 1. The van der Waals surface area contributed by atoms with Crippen LogP contribution in [0.3, 0.4) is 0 Å². The van der Waals surface area contributed by atoms with Crippen LogP contribution in [0, 0.1) is 11.8 Å². The molecule has 2 aliphatic rings. The molecule has 3 heterocycles. The van der Waals surface area contributed by atoms with E-state index in [0.29, 0.717) is 18.0 Å². The Hall–Kier alpha value is -1.15. The second-order valence-corrected chi connectivity index (χ2v) is 7.87. The molecular formula is C18H28N4O2S. The fourth-order valence-electron chi connectivity index (χ4n) is 3.77. The van der Waals surface area contributed by atoms with Gasteiger partial charge in [0.2, 0.25) is 0 Å². The second kappa shape index (κ2) is 8.49. The zero-order chi connectivity index (χ0) is 17.8. The summed E-state index contributed by atoms with van der Waals surface area (Å²) in [6.45, 7) is 6.78. The highest BCUT2D eigenvalue weighted by Crippen LogP contribution is 2.27. The molecule has 1 N–H and O–H groups in total. The first-order valence-corrected chi connectivity index (χ1v) is 10.1. The number of carbonyl (C=O) groups excluding carboxylic acids is 1. The van der Waals surface area contributed by atoms with E-state index in [1.165, 1.54) is 11.8 Å². The minimum atomic E-state index is 0.0387. The number of aliphatic hydroxyl groups is 1. The van der Waals surface area contributed by atoms with E-state index in [4.69, 9.17) is 0 Å². The van der Waals surface area contributed by atoms with E-state index in [1.807, 2.05) is 23.3 Å². The second-order valence-electron chi connectivity index (χ2n) is 7.08. The van der Waals surface area contributed by atoms with Crippen molar-refractivity contribution in [2.45, 2.75) is 5.03 Å². The van der Waals surface area contributed by atoms with Gasteiger partial charge in [0.25, 0.3) is 5.91 Å². The first kappa shape index (κ1) is 18.6. The van der Waals surface area contributed by atoms with Crippen LogP contribution in [0.2, 0.25) is 0 Å². The Morgan fingerprint density at radius 3 is 2.68 bits per heavy atom. The molecule has 1 aromatic rings. The molecular weight excluding hydrogens is 336 g/mol.